The molecule has 0 aromatic heterocycles. The summed E-state index contributed by atoms with van der Waals surface area (Å²) in [7, 11) is 0. The van der Waals surface area contributed by atoms with Gasteiger partial charge in [0.25, 0.3) is 0 Å². The van der Waals surface area contributed by atoms with Crippen LogP contribution in [0.15, 0.2) is 18.2 Å². The van der Waals surface area contributed by atoms with Crippen molar-refractivity contribution in [3.63, 3.8) is 0 Å². The van der Waals surface area contributed by atoms with E-state index in [-0.39, 0.29) is 0 Å². The third-order valence-electron chi connectivity index (χ3n) is 2.54. The van der Waals surface area contributed by atoms with Gasteiger partial charge in [-0.3, -0.25) is 0 Å². The summed E-state index contributed by atoms with van der Waals surface area (Å²) in [5.74, 6) is 1.36. The topological polar surface area (TPSA) is 35.2 Å². The van der Waals surface area contributed by atoms with Crippen molar-refractivity contribution in [2.75, 3.05) is 13.2 Å². The molecule has 1 aromatic rings. The van der Waals surface area contributed by atoms with Crippen molar-refractivity contribution >= 4 is 11.6 Å². The van der Waals surface area contributed by atoms with Crippen molar-refractivity contribution in [3.05, 3.63) is 28.8 Å². The number of hydrogen-bond donors (Lipinski definition) is 1. The standard InChI is InChI=1S/C13H20ClNO/c1-3-16-13-5-4-11(9-12(13)14)8-10(2)6-7-15/h4-5,9-10H,3,6-8,15H2,1-2H3. The van der Waals surface area contributed by atoms with Gasteiger partial charge in [-0.2, -0.15) is 0 Å². The molecular formula is C13H20ClNO. The molecule has 0 aliphatic carbocycles. The number of hydrogen-bond acceptors (Lipinski definition) is 2. The molecule has 2 nitrogen and oxygen atoms in total. The van der Waals surface area contributed by atoms with Crippen molar-refractivity contribution in [2.24, 2.45) is 11.7 Å². The van der Waals surface area contributed by atoms with E-state index in [1.165, 1.54) is 5.56 Å². The summed E-state index contributed by atoms with van der Waals surface area (Å²) in [5, 5.41) is 0.694. The zero-order valence-electron chi connectivity index (χ0n) is 10.0. The molecule has 0 saturated heterocycles. The van der Waals surface area contributed by atoms with Crippen LogP contribution in [0.4, 0.5) is 0 Å². The lowest BCUT2D eigenvalue weighted by atomic mass is 9.98. The number of nitrogens with two attached hydrogens (primary N) is 1. The average Bonchev–Trinajstić information content (AvgIpc) is 2.22. The molecule has 3 heteroatoms. The lowest BCUT2D eigenvalue weighted by molar-refractivity contribution is 0.340. The van der Waals surface area contributed by atoms with Crippen molar-refractivity contribution in [1.82, 2.24) is 0 Å². The summed E-state index contributed by atoms with van der Waals surface area (Å²) >= 11 is 6.12. The Kier molecular flexibility index (Phi) is 5.64. The lowest BCUT2D eigenvalue weighted by Crippen LogP contribution is -2.08. The molecule has 16 heavy (non-hydrogen) atoms. The van der Waals surface area contributed by atoms with Crippen LogP contribution in [0.25, 0.3) is 0 Å². The molecule has 1 unspecified atom stereocenters. The summed E-state index contributed by atoms with van der Waals surface area (Å²) in [5.41, 5.74) is 6.78. The molecule has 1 rings (SSSR count). The molecule has 0 spiro atoms. The molecule has 1 atom stereocenters. The van der Waals surface area contributed by atoms with Gasteiger partial charge in [0.15, 0.2) is 0 Å². The zero-order chi connectivity index (χ0) is 12.0. The highest BCUT2D eigenvalue weighted by Gasteiger charge is 2.06. The van der Waals surface area contributed by atoms with E-state index in [1.807, 2.05) is 19.1 Å². The quantitative estimate of drug-likeness (QED) is 0.830. The maximum Gasteiger partial charge on any atom is 0.137 e. The number of benzene rings is 1. The van der Waals surface area contributed by atoms with Gasteiger partial charge in [-0.1, -0.05) is 24.6 Å². The summed E-state index contributed by atoms with van der Waals surface area (Å²) in [6.07, 6.45) is 2.06. The fraction of sp³-hybridized carbons (Fsp3) is 0.538. The monoisotopic (exact) mass is 241 g/mol. The van der Waals surface area contributed by atoms with Gasteiger partial charge in [0.1, 0.15) is 5.75 Å². The largest absolute Gasteiger partial charge is 0.492 e. The number of ether oxygens (including phenoxy) is 1. The van der Waals surface area contributed by atoms with Crippen LogP contribution in [0.1, 0.15) is 25.8 Å². The second-order valence-electron chi connectivity index (χ2n) is 4.08. The Morgan fingerprint density at radius 2 is 2.19 bits per heavy atom. The van der Waals surface area contributed by atoms with E-state index in [0.29, 0.717) is 17.5 Å². The molecule has 0 amide bonds. The smallest absolute Gasteiger partial charge is 0.137 e. The zero-order valence-corrected chi connectivity index (χ0v) is 10.8. The average molecular weight is 242 g/mol. The van der Waals surface area contributed by atoms with E-state index in [0.717, 1.165) is 25.1 Å². The van der Waals surface area contributed by atoms with Gasteiger partial charge in [-0.15, -0.1) is 0 Å². The first-order chi connectivity index (χ1) is 7.67. The van der Waals surface area contributed by atoms with E-state index < -0.39 is 0 Å². The van der Waals surface area contributed by atoms with E-state index in [4.69, 9.17) is 22.1 Å². The second kappa shape index (κ2) is 6.77. The molecule has 0 fully saturated rings. The first kappa shape index (κ1) is 13.3. The SMILES string of the molecule is CCOc1ccc(CC(C)CCN)cc1Cl. The molecule has 0 radical (unpaired) electrons. The minimum Gasteiger partial charge on any atom is -0.492 e. The highest BCUT2D eigenvalue weighted by molar-refractivity contribution is 6.32. The Balaban J connectivity index is 2.65. The maximum atomic E-state index is 6.12. The number of rotatable bonds is 6. The molecule has 1 aromatic carbocycles. The Hall–Kier alpha value is -0.730. The third kappa shape index (κ3) is 4.03. The lowest BCUT2D eigenvalue weighted by Gasteiger charge is -2.11. The molecule has 0 aliphatic rings. The van der Waals surface area contributed by atoms with Crippen LogP contribution >= 0.6 is 11.6 Å². The molecule has 0 saturated carbocycles. The Bertz CT molecular complexity index is 328. The molecule has 2 N–H and O–H groups in total. The second-order valence-corrected chi connectivity index (χ2v) is 4.49. The molecule has 0 heterocycles. The first-order valence-electron chi connectivity index (χ1n) is 5.78. The van der Waals surface area contributed by atoms with Gasteiger partial charge in [0, 0.05) is 0 Å². The predicted octanol–water partition coefficient (Wildman–Crippen LogP) is 3.27. The van der Waals surface area contributed by atoms with Crippen molar-refractivity contribution in [3.8, 4) is 5.75 Å². The van der Waals surface area contributed by atoms with Gasteiger partial charge in [-0.05, 0) is 49.9 Å². The van der Waals surface area contributed by atoms with Crippen molar-refractivity contribution < 1.29 is 4.74 Å². The highest BCUT2D eigenvalue weighted by atomic mass is 35.5. The first-order valence-corrected chi connectivity index (χ1v) is 6.16. The van der Waals surface area contributed by atoms with Crippen LogP contribution in [0.5, 0.6) is 5.75 Å². The van der Waals surface area contributed by atoms with Gasteiger partial charge < -0.3 is 10.5 Å². The van der Waals surface area contributed by atoms with Crippen LogP contribution in [0.3, 0.4) is 0 Å². The number of halogens is 1. The summed E-state index contributed by atoms with van der Waals surface area (Å²) in [6.45, 7) is 5.54. The van der Waals surface area contributed by atoms with Crippen LogP contribution in [-0.2, 0) is 6.42 Å². The van der Waals surface area contributed by atoms with Crippen LogP contribution in [0.2, 0.25) is 5.02 Å². The minimum absolute atomic E-state index is 0.596. The fourth-order valence-corrected chi connectivity index (χ4v) is 1.99. The van der Waals surface area contributed by atoms with Crippen LogP contribution in [0, 0.1) is 5.92 Å². The van der Waals surface area contributed by atoms with E-state index in [2.05, 4.69) is 13.0 Å². The van der Waals surface area contributed by atoms with E-state index in [9.17, 15) is 0 Å². The summed E-state index contributed by atoms with van der Waals surface area (Å²) < 4.78 is 5.39. The van der Waals surface area contributed by atoms with Gasteiger partial charge in [0.2, 0.25) is 0 Å². The molecule has 0 aliphatic heterocycles. The maximum absolute atomic E-state index is 6.12. The highest BCUT2D eigenvalue weighted by Crippen LogP contribution is 2.26. The van der Waals surface area contributed by atoms with Gasteiger partial charge >= 0.3 is 0 Å². The van der Waals surface area contributed by atoms with E-state index in [1.54, 1.807) is 0 Å². The van der Waals surface area contributed by atoms with E-state index >= 15 is 0 Å². The third-order valence-corrected chi connectivity index (χ3v) is 2.84. The molecule has 90 valence electrons. The normalized spacial score (nSPS) is 12.5. The Morgan fingerprint density at radius 3 is 2.75 bits per heavy atom. The predicted molar refractivity (Wildman–Crippen MR) is 69.2 cm³/mol. The van der Waals surface area contributed by atoms with Crippen LogP contribution < -0.4 is 10.5 Å². The van der Waals surface area contributed by atoms with Crippen molar-refractivity contribution in [2.45, 2.75) is 26.7 Å². The summed E-state index contributed by atoms with van der Waals surface area (Å²) in [4.78, 5) is 0. The van der Waals surface area contributed by atoms with Gasteiger partial charge in [0.05, 0.1) is 11.6 Å². The van der Waals surface area contributed by atoms with Crippen LogP contribution in [-0.4, -0.2) is 13.2 Å². The molecular weight excluding hydrogens is 222 g/mol. The Labute approximate surface area is 103 Å². The fourth-order valence-electron chi connectivity index (χ4n) is 1.73. The van der Waals surface area contributed by atoms with Gasteiger partial charge in [-0.25, -0.2) is 0 Å². The van der Waals surface area contributed by atoms with Crippen molar-refractivity contribution in [1.29, 1.82) is 0 Å². The summed E-state index contributed by atoms with van der Waals surface area (Å²) in [6, 6.07) is 6.00. The minimum atomic E-state index is 0.596. The molecule has 0 bridgehead atoms. The Morgan fingerprint density at radius 1 is 1.44 bits per heavy atom.